The first-order valence-electron chi connectivity index (χ1n) is 9.30. The molecule has 0 heterocycles. The molecule has 0 aliphatic carbocycles. The van der Waals surface area contributed by atoms with Gasteiger partial charge in [-0.05, 0) is 81.8 Å². The molecule has 3 nitrogen and oxygen atoms in total. The molecule has 28 heavy (non-hydrogen) atoms. The quantitative estimate of drug-likeness (QED) is 0.132. The van der Waals surface area contributed by atoms with Crippen LogP contribution in [0.1, 0.15) is 44.2 Å². The highest BCUT2D eigenvalue weighted by atomic mass is 127. The molecule has 0 atom stereocenters. The largest absolute Gasteiger partial charge is 0.497 e. The average molecular weight is 606 g/mol. The van der Waals surface area contributed by atoms with E-state index in [1.807, 2.05) is 48.5 Å². The first kappa shape index (κ1) is 24.9. The summed E-state index contributed by atoms with van der Waals surface area (Å²) in [6.45, 7) is 4.27. The number of alkyl halides is 1. The summed E-state index contributed by atoms with van der Waals surface area (Å²) in [4.78, 5) is 11.0. The number of allylic oxidation sites excluding steroid dienone is 1. The minimum Gasteiger partial charge on any atom is -0.497 e. The van der Waals surface area contributed by atoms with Crippen molar-refractivity contribution in [2.45, 2.75) is 39.7 Å². The number of hydrogen-bond acceptors (Lipinski definition) is 3. The van der Waals surface area contributed by atoms with Gasteiger partial charge in [0.05, 0.1) is 7.11 Å². The third-order valence-corrected chi connectivity index (χ3v) is 5.47. The summed E-state index contributed by atoms with van der Waals surface area (Å²) < 4.78 is 13.3. The molecule has 0 fully saturated rings. The fourth-order valence-electron chi connectivity index (χ4n) is 2.17. The second-order valence-electron chi connectivity index (χ2n) is 6.16. The van der Waals surface area contributed by atoms with Crippen LogP contribution in [0.2, 0.25) is 0 Å². The molecule has 2 aromatic carbocycles. The van der Waals surface area contributed by atoms with Gasteiger partial charge < -0.3 is 9.47 Å². The summed E-state index contributed by atoms with van der Waals surface area (Å²) >= 11 is 4.65. The zero-order valence-corrected chi connectivity index (χ0v) is 21.0. The number of carbonyl (C=O) groups excluding carboxylic acids is 1. The third kappa shape index (κ3) is 10.5. The number of unbranched alkanes of at least 4 members (excludes halogenated alkanes) is 2. The summed E-state index contributed by atoms with van der Waals surface area (Å²) in [5.74, 6) is 1.68. The fraction of sp³-hybridized carbons (Fsp3) is 0.348. The Balaban J connectivity index is 0.000000568. The van der Waals surface area contributed by atoms with Crippen molar-refractivity contribution in [1.82, 2.24) is 0 Å². The monoisotopic (exact) mass is 606 g/mol. The Morgan fingerprint density at radius 1 is 1.07 bits per heavy atom. The predicted octanol–water partition coefficient (Wildman–Crippen LogP) is 7.09. The van der Waals surface area contributed by atoms with Gasteiger partial charge in [0.25, 0.3) is 0 Å². The minimum absolute atomic E-state index is 0.0376. The van der Waals surface area contributed by atoms with E-state index in [-0.39, 0.29) is 5.78 Å². The lowest BCUT2D eigenvalue weighted by Gasteiger charge is -2.08. The molecule has 0 aliphatic rings. The first-order chi connectivity index (χ1) is 13.5. The Labute approximate surface area is 196 Å². The molecule has 0 spiro atoms. The molecule has 0 saturated carbocycles. The van der Waals surface area contributed by atoms with Gasteiger partial charge >= 0.3 is 0 Å². The van der Waals surface area contributed by atoms with Crippen LogP contribution < -0.4 is 9.47 Å². The molecule has 0 radical (unpaired) electrons. The van der Waals surface area contributed by atoms with Gasteiger partial charge in [0.2, 0.25) is 0 Å². The predicted molar refractivity (Wildman–Crippen MR) is 135 cm³/mol. The topological polar surface area (TPSA) is 35.5 Å². The fourth-order valence-corrected chi connectivity index (χ4v) is 3.38. The summed E-state index contributed by atoms with van der Waals surface area (Å²) in [5.41, 5.74) is 2.09. The second kappa shape index (κ2) is 14.8. The standard InChI is InChI=1S/C18H17IO3.C5H11I/c1-13(20)3-6-15-7-10-17(11-18(15)19)22-12-14-4-8-16(21-2)9-5-14;1-2-3-4-5-6/h3-11H,12H2,1-2H3;2-5H2,1H3. The molecule has 0 bridgehead atoms. The number of benzene rings is 2. The second-order valence-corrected chi connectivity index (χ2v) is 8.40. The molecule has 5 heteroatoms. The van der Waals surface area contributed by atoms with Gasteiger partial charge in [-0.25, -0.2) is 0 Å². The van der Waals surface area contributed by atoms with E-state index in [4.69, 9.17) is 9.47 Å². The Morgan fingerprint density at radius 2 is 1.75 bits per heavy atom. The number of halogens is 2. The maximum atomic E-state index is 11.0. The maximum Gasteiger partial charge on any atom is 0.152 e. The van der Waals surface area contributed by atoms with Gasteiger partial charge in [-0.3, -0.25) is 4.79 Å². The van der Waals surface area contributed by atoms with Crippen molar-refractivity contribution in [2.75, 3.05) is 11.5 Å². The van der Waals surface area contributed by atoms with Gasteiger partial charge in [-0.15, -0.1) is 0 Å². The maximum absolute atomic E-state index is 11.0. The molecule has 0 saturated heterocycles. The number of rotatable bonds is 9. The van der Waals surface area contributed by atoms with E-state index < -0.39 is 0 Å². The van der Waals surface area contributed by atoms with Crippen LogP contribution in [-0.2, 0) is 11.4 Å². The molecule has 2 rings (SSSR count). The van der Waals surface area contributed by atoms with Crippen molar-refractivity contribution in [3.05, 3.63) is 63.2 Å². The zero-order chi connectivity index (χ0) is 20.8. The number of methoxy groups -OCH3 is 1. The lowest BCUT2D eigenvalue weighted by atomic mass is 10.2. The Kier molecular flexibility index (Phi) is 13.2. The smallest absolute Gasteiger partial charge is 0.152 e. The zero-order valence-electron chi connectivity index (χ0n) is 16.7. The van der Waals surface area contributed by atoms with Crippen LogP contribution in [0.3, 0.4) is 0 Å². The number of ether oxygens (including phenoxy) is 2. The molecule has 152 valence electrons. The number of ketones is 1. The van der Waals surface area contributed by atoms with Crippen molar-refractivity contribution in [2.24, 2.45) is 0 Å². The van der Waals surface area contributed by atoms with Crippen LogP contribution in [0.5, 0.6) is 11.5 Å². The molecule has 0 N–H and O–H groups in total. The van der Waals surface area contributed by atoms with E-state index in [1.165, 1.54) is 30.6 Å². The van der Waals surface area contributed by atoms with Crippen LogP contribution in [0.15, 0.2) is 48.5 Å². The van der Waals surface area contributed by atoms with E-state index in [0.717, 1.165) is 26.2 Å². The highest BCUT2D eigenvalue weighted by molar-refractivity contribution is 14.1. The van der Waals surface area contributed by atoms with Crippen LogP contribution in [-0.4, -0.2) is 17.3 Å². The van der Waals surface area contributed by atoms with E-state index >= 15 is 0 Å². The van der Waals surface area contributed by atoms with Gasteiger partial charge in [0.15, 0.2) is 5.78 Å². The average Bonchev–Trinajstić information content (AvgIpc) is 2.70. The Morgan fingerprint density at radius 3 is 2.25 bits per heavy atom. The minimum atomic E-state index is 0.0376. The lowest BCUT2D eigenvalue weighted by molar-refractivity contribution is -0.112. The third-order valence-electron chi connectivity index (χ3n) is 3.77. The van der Waals surface area contributed by atoms with Crippen LogP contribution in [0.4, 0.5) is 0 Å². The molecule has 0 unspecified atom stereocenters. The number of carbonyl (C=O) groups is 1. The van der Waals surface area contributed by atoms with Crippen LogP contribution in [0, 0.1) is 3.57 Å². The first-order valence-corrected chi connectivity index (χ1v) is 11.9. The molecule has 0 aliphatic heterocycles. The van der Waals surface area contributed by atoms with E-state index in [9.17, 15) is 4.79 Å². The van der Waals surface area contributed by atoms with Gasteiger partial charge in [0.1, 0.15) is 18.1 Å². The summed E-state index contributed by atoms with van der Waals surface area (Å²) in [6, 6.07) is 13.6. The van der Waals surface area contributed by atoms with E-state index in [0.29, 0.717) is 6.61 Å². The van der Waals surface area contributed by atoms with Gasteiger partial charge in [-0.2, -0.15) is 0 Å². The Hall–Kier alpha value is -1.09. The summed E-state index contributed by atoms with van der Waals surface area (Å²) in [5, 5.41) is 0. The van der Waals surface area contributed by atoms with E-state index in [1.54, 1.807) is 13.2 Å². The van der Waals surface area contributed by atoms with Gasteiger partial charge in [0, 0.05) is 3.57 Å². The summed E-state index contributed by atoms with van der Waals surface area (Å²) in [6.07, 6.45) is 7.54. The molecular weight excluding hydrogens is 578 g/mol. The van der Waals surface area contributed by atoms with Crippen LogP contribution >= 0.6 is 45.2 Å². The van der Waals surface area contributed by atoms with Gasteiger partial charge in [-0.1, -0.05) is 66.6 Å². The normalized spacial score (nSPS) is 10.3. The molecular formula is C23H28I2O3. The van der Waals surface area contributed by atoms with Crippen LogP contribution in [0.25, 0.3) is 6.08 Å². The van der Waals surface area contributed by atoms with Crippen molar-refractivity contribution < 1.29 is 14.3 Å². The number of hydrogen-bond donors (Lipinski definition) is 0. The molecule has 0 amide bonds. The van der Waals surface area contributed by atoms with E-state index in [2.05, 4.69) is 52.1 Å². The highest BCUT2D eigenvalue weighted by Gasteiger charge is 2.01. The van der Waals surface area contributed by atoms with Crippen molar-refractivity contribution in [3.63, 3.8) is 0 Å². The van der Waals surface area contributed by atoms with Crippen molar-refractivity contribution >= 4 is 57.0 Å². The summed E-state index contributed by atoms with van der Waals surface area (Å²) in [7, 11) is 1.65. The SMILES string of the molecule is CCCCCI.COc1ccc(COc2ccc(C=CC(C)=O)c(I)c2)cc1. The lowest BCUT2D eigenvalue weighted by Crippen LogP contribution is -1.96. The van der Waals surface area contributed by atoms with Crippen molar-refractivity contribution in [3.8, 4) is 11.5 Å². The van der Waals surface area contributed by atoms with Crippen molar-refractivity contribution in [1.29, 1.82) is 0 Å². The molecule has 2 aromatic rings. The highest BCUT2D eigenvalue weighted by Crippen LogP contribution is 2.22. The Bertz CT molecular complexity index is 736. The molecule has 0 aromatic heterocycles.